The maximum Gasteiger partial charge on any atom is 0.261 e. The molecule has 2 aromatic rings. The average molecular weight is 493 g/mol. The second-order valence-electron chi connectivity index (χ2n) is 7.92. The van der Waals surface area contributed by atoms with Crippen molar-refractivity contribution in [2.75, 3.05) is 17.9 Å². The van der Waals surface area contributed by atoms with Crippen LogP contribution in [0.15, 0.2) is 57.9 Å². The zero-order valence-corrected chi connectivity index (χ0v) is 19.0. The van der Waals surface area contributed by atoms with Crippen LogP contribution in [0.5, 0.6) is 0 Å². The van der Waals surface area contributed by atoms with E-state index in [1.54, 1.807) is 36.4 Å². The minimum atomic E-state index is -3.67. The van der Waals surface area contributed by atoms with Gasteiger partial charge in [-0.2, -0.15) is 0 Å². The summed E-state index contributed by atoms with van der Waals surface area (Å²) in [6.45, 7) is 1.31. The van der Waals surface area contributed by atoms with Crippen molar-refractivity contribution in [1.29, 1.82) is 0 Å². The molecule has 1 aliphatic heterocycles. The third kappa shape index (κ3) is 4.40. The van der Waals surface area contributed by atoms with Gasteiger partial charge in [0.25, 0.3) is 10.0 Å². The molecule has 1 unspecified atom stereocenters. The van der Waals surface area contributed by atoms with E-state index < -0.39 is 15.4 Å². The van der Waals surface area contributed by atoms with Gasteiger partial charge in [0.15, 0.2) is 0 Å². The number of hydrogen-bond donors (Lipinski definition) is 2. The van der Waals surface area contributed by atoms with Crippen LogP contribution in [-0.4, -0.2) is 33.6 Å². The van der Waals surface area contributed by atoms with Crippen molar-refractivity contribution in [2.45, 2.75) is 48.5 Å². The van der Waals surface area contributed by atoms with E-state index in [1.165, 1.54) is 0 Å². The first-order valence-corrected chi connectivity index (χ1v) is 12.5. The number of carbonyl (C=O) groups excluding carboxylic acids is 1. The van der Waals surface area contributed by atoms with Crippen LogP contribution in [0.25, 0.3) is 0 Å². The Bertz CT molecular complexity index is 996. The van der Waals surface area contributed by atoms with Gasteiger partial charge in [0.2, 0.25) is 5.91 Å². The van der Waals surface area contributed by atoms with Crippen LogP contribution in [0, 0.1) is 0 Å². The van der Waals surface area contributed by atoms with Gasteiger partial charge < -0.3 is 10.1 Å². The maximum absolute atomic E-state index is 12.9. The standard InChI is InChI=1S/C22H25BrN2O4S/c23-17-6-10-20(11-7-17)30(27,28)25-18-8-4-16(5-9-18)22(12-2-13-22)21(26)24-15-19-3-1-14-29-19/h4-11,19,25H,1-3,12-15H2,(H,24,26). The summed E-state index contributed by atoms with van der Waals surface area (Å²) in [5.41, 5.74) is 0.864. The molecule has 0 bridgehead atoms. The lowest BCUT2D eigenvalue weighted by Crippen LogP contribution is -2.50. The predicted octanol–water partition coefficient (Wildman–Crippen LogP) is 3.97. The quantitative estimate of drug-likeness (QED) is 0.612. The fourth-order valence-electron chi connectivity index (χ4n) is 4.04. The van der Waals surface area contributed by atoms with Gasteiger partial charge in [-0.1, -0.05) is 34.5 Å². The van der Waals surface area contributed by atoms with E-state index in [-0.39, 0.29) is 16.9 Å². The summed E-state index contributed by atoms with van der Waals surface area (Å²) in [6.07, 6.45) is 4.75. The molecule has 1 heterocycles. The van der Waals surface area contributed by atoms with Gasteiger partial charge >= 0.3 is 0 Å². The van der Waals surface area contributed by atoms with Crippen molar-refractivity contribution >= 4 is 37.5 Å². The van der Waals surface area contributed by atoms with Crippen molar-refractivity contribution in [1.82, 2.24) is 5.32 Å². The Kier molecular flexibility index (Phi) is 6.18. The summed E-state index contributed by atoms with van der Waals surface area (Å²) in [5, 5.41) is 3.07. The van der Waals surface area contributed by atoms with Crippen LogP contribution in [0.4, 0.5) is 5.69 Å². The van der Waals surface area contributed by atoms with E-state index in [2.05, 4.69) is 26.0 Å². The lowest BCUT2D eigenvalue weighted by atomic mass is 9.63. The predicted molar refractivity (Wildman–Crippen MR) is 119 cm³/mol. The molecule has 1 atom stereocenters. The maximum atomic E-state index is 12.9. The highest BCUT2D eigenvalue weighted by molar-refractivity contribution is 9.10. The smallest absolute Gasteiger partial charge is 0.261 e. The highest BCUT2D eigenvalue weighted by Gasteiger charge is 2.45. The molecule has 0 aromatic heterocycles. The Hall–Kier alpha value is -1.90. The minimum Gasteiger partial charge on any atom is -0.376 e. The molecule has 160 valence electrons. The minimum absolute atomic E-state index is 0.0347. The molecular formula is C22H25BrN2O4S. The highest BCUT2D eigenvalue weighted by atomic mass is 79.9. The van der Waals surface area contributed by atoms with Crippen molar-refractivity contribution in [3.8, 4) is 0 Å². The number of carbonyl (C=O) groups is 1. The van der Waals surface area contributed by atoms with Crippen molar-refractivity contribution in [3.05, 3.63) is 58.6 Å². The first kappa shape index (κ1) is 21.3. The number of benzene rings is 2. The van der Waals surface area contributed by atoms with Gasteiger partial charge in [0.05, 0.1) is 16.4 Å². The fraction of sp³-hybridized carbons (Fsp3) is 0.409. The van der Waals surface area contributed by atoms with Crippen LogP contribution < -0.4 is 10.0 Å². The second kappa shape index (κ2) is 8.69. The zero-order chi connectivity index (χ0) is 21.2. The van der Waals surface area contributed by atoms with Gasteiger partial charge in [-0.25, -0.2) is 8.42 Å². The Morgan fingerprint density at radius 3 is 2.33 bits per heavy atom. The lowest BCUT2D eigenvalue weighted by molar-refractivity contribution is -0.130. The van der Waals surface area contributed by atoms with Crippen LogP contribution in [-0.2, 0) is 25.0 Å². The summed E-state index contributed by atoms with van der Waals surface area (Å²) in [6, 6.07) is 13.6. The van der Waals surface area contributed by atoms with Gasteiger partial charge in [0.1, 0.15) is 0 Å². The van der Waals surface area contributed by atoms with E-state index in [0.717, 1.165) is 48.7 Å². The number of amides is 1. The number of anilines is 1. The molecule has 0 radical (unpaired) electrons. The van der Waals surface area contributed by atoms with Gasteiger partial charge in [0, 0.05) is 23.3 Å². The summed E-state index contributed by atoms with van der Waals surface area (Å²) >= 11 is 3.30. The van der Waals surface area contributed by atoms with E-state index in [9.17, 15) is 13.2 Å². The molecule has 2 aromatic carbocycles. The number of halogens is 1. The van der Waals surface area contributed by atoms with Crippen LogP contribution in [0.1, 0.15) is 37.7 Å². The molecule has 2 fully saturated rings. The van der Waals surface area contributed by atoms with Crippen LogP contribution in [0.3, 0.4) is 0 Å². The summed E-state index contributed by atoms with van der Waals surface area (Å²) in [4.78, 5) is 13.1. The van der Waals surface area contributed by atoms with Gasteiger partial charge in [-0.05, 0) is 67.6 Å². The summed E-state index contributed by atoms with van der Waals surface area (Å²) < 4.78 is 34.2. The molecule has 30 heavy (non-hydrogen) atoms. The fourth-order valence-corrected chi connectivity index (χ4v) is 5.37. The number of rotatable bonds is 7. The van der Waals surface area contributed by atoms with E-state index in [4.69, 9.17) is 4.74 Å². The average Bonchev–Trinajstić information content (AvgIpc) is 3.20. The molecule has 2 N–H and O–H groups in total. The van der Waals surface area contributed by atoms with Crippen molar-refractivity contribution in [3.63, 3.8) is 0 Å². The number of hydrogen-bond acceptors (Lipinski definition) is 4. The molecule has 1 saturated carbocycles. The Balaban J connectivity index is 1.45. The summed E-state index contributed by atoms with van der Waals surface area (Å²) in [5.74, 6) is 0.0347. The van der Waals surface area contributed by atoms with Crippen molar-refractivity contribution in [2.24, 2.45) is 0 Å². The SMILES string of the molecule is O=C(NCC1CCCO1)C1(c2ccc(NS(=O)(=O)c3ccc(Br)cc3)cc2)CCC1. The third-order valence-corrected chi connectivity index (χ3v) is 7.90. The molecule has 1 amide bonds. The zero-order valence-electron chi connectivity index (χ0n) is 16.6. The highest BCUT2D eigenvalue weighted by Crippen LogP contribution is 2.44. The van der Waals surface area contributed by atoms with E-state index >= 15 is 0 Å². The monoisotopic (exact) mass is 492 g/mol. The first-order chi connectivity index (χ1) is 14.4. The molecule has 0 spiro atoms. The number of ether oxygens (including phenoxy) is 1. The van der Waals surface area contributed by atoms with E-state index in [0.29, 0.717) is 12.2 Å². The number of nitrogens with one attached hydrogen (secondary N) is 2. The normalized spacial score (nSPS) is 20.4. The topological polar surface area (TPSA) is 84.5 Å². The summed E-state index contributed by atoms with van der Waals surface area (Å²) in [7, 11) is -3.67. The molecular weight excluding hydrogens is 468 g/mol. The number of sulfonamides is 1. The molecule has 1 saturated heterocycles. The molecule has 4 rings (SSSR count). The second-order valence-corrected chi connectivity index (χ2v) is 10.5. The van der Waals surface area contributed by atoms with Crippen LogP contribution >= 0.6 is 15.9 Å². The first-order valence-electron chi connectivity index (χ1n) is 10.2. The Labute approximate surface area is 185 Å². The van der Waals surface area contributed by atoms with Crippen LogP contribution in [0.2, 0.25) is 0 Å². The third-order valence-electron chi connectivity index (χ3n) is 5.97. The molecule has 1 aliphatic carbocycles. The van der Waals surface area contributed by atoms with Gasteiger partial charge in [-0.3, -0.25) is 9.52 Å². The molecule has 6 nitrogen and oxygen atoms in total. The Morgan fingerprint density at radius 2 is 1.77 bits per heavy atom. The van der Waals surface area contributed by atoms with Gasteiger partial charge in [-0.15, -0.1) is 0 Å². The van der Waals surface area contributed by atoms with Crippen molar-refractivity contribution < 1.29 is 17.9 Å². The molecule has 8 heteroatoms. The lowest BCUT2D eigenvalue weighted by Gasteiger charge is -2.41. The molecule has 2 aliphatic rings. The largest absolute Gasteiger partial charge is 0.376 e. The van der Waals surface area contributed by atoms with E-state index in [1.807, 2.05) is 12.1 Å². The Morgan fingerprint density at radius 1 is 1.07 bits per heavy atom.